The van der Waals surface area contributed by atoms with Crippen LogP contribution >= 0.6 is 23.1 Å². The topological polar surface area (TPSA) is 73.6 Å². The molecule has 2 heterocycles. The molecule has 8 heteroatoms. The normalized spacial score (nSPS) is 12.0. The summed E-state index contributed by atoms with van der Waals surface area (Å²) in [5, 5.41) is 6.01. The Kier molecular flexibility index (Phi) is 6.72. The molecular formula is C24H24N2O4S2. The first-order valence-corrected chi connectivity index (χ1v) is 11.9. The maximum absolute atomic E-state index is 13.3. The average Bonchev–Trinajstić information content (AvgIpc) is 3.40. The summed E-state index contributed by atoms with van der Waals surface area (Å²) in [6.07, 6.45) is 0. The standard InChI is InChI=1S/C24H24N2O4S2/c1-14-12-31-24(25-14)32-13-19-17-7-5-6-8-21(17)30-22(19)23(27)26-15(2)18-11-16(28-3)9-10-20(18)29-4/h5-12,15H,13H2,1-4H3,(H,26,27). The van der Waals surface area contributed by atoms with Crippen LogP contribution in [0, 0.1) is 6.92 Å². The van der Waals surface area contributed by atoms with Gasteiger partial charge in [0.25, 0.3) is 5.91 Å². The van der Waals surface area contributed by atoms with Crippen molar-refractivity contribution in [3.63, 3.8) is 0 Å². The number of thioether (sulfide) groups is 1. The smallest absolute Gasteiger partial charge is 0.287 e. The number of furan rings is 1. The highest BCUT2D eigenvalue weighted by Crippen LogP contribution is 2.34. The van der Waals surface area contributed by atoms with E-state index in [0.29, 0.717) is 28.6 Å². The van der Waals surface area contributed by atoms with E-state index < -0.39 is 0 Å². The summed E-state index contributed by atoms with van der Waals surface area (Å²) in [5.74, 6) is 2.01. The lowest BCUT2D eigenvalue weighted by molar-refractivity contribution is 0.0912. The van der Waals surface area contributed by atoms with Crippen LogP contribution < -0.4 is 14.8 Å². The number of aromatic nitrogens is 1. The maximum atomic E-state index is 13.3. The molecule has 0 aliphatic carbocycles. The fraction of sp³-hybridized carbons (Fsp3) is 0.250. The Hall–Kier alpha value is -2.97. The lowest BCUT2D eigenvalue weighted by Gasteiger charge is -2.18. The van der Waals surface area contributed by atoms with Crippen LogP contribution in [0.3, 0.4) is 0 Å². The van der Waals surface area contributed by atoms with Gasteiger partial charge in [-0.25, -0.2) is 4.98 Å². The molecule has 4 aromatic rings. The van der Waals surface area contributed by atoms with Crippen LogP contribution in [0.25, 0.3) is 11.0 Å². The number of nitrogens with one attached hydrogen (secondary N) is 1. The van der Waals surface area contributed by atoms with Gasteiger partial charge in [0.1, 0.15) is 21.4 Å². The molecule has 0 saturated carbocycles. The van der Waals surface area contributed by atoms with Gasteiger partial charge in [-0.1, -0.05) is 30.0 Å². The zero-order valence-corrected chi connectivity index (χ0v) is 19.9. The van der Waals surface area contributed by atoms with E-state index in [2.05, 4.69) is 10.3 Å². The molecule has 6 nitrogen and oxygen atoms in total. The van der Waals surface area contributed by atoms with Crippen molar-refractivity contribution in [3.05, 3.63) is 70.4 Å². The molecule has 32 heavy (non-hydrogen) atoms. The highest BCUT2D eigenvalue weighted by atomic mass is 32.2. The molecule has 0 spiro atoms. The Morgan fingerprint density at radius 3 is 2.75 bits per heavy atom. The molecule has 0 fully saturated rings. The van der Waals surface area contributed by atoms with Crippen LogP contribution in [-0.4, -0.2) is 25.1 Å². The third-order valence-corrected chi connectivity index (χ3v) is 7.26. The van der Waals surface area contributed by atoms with Crippen LogP contribution in [0.5, 0.6) is 11.5 Å². The fourth-order valence-electron chi connectivity index (χ4n) is 3.48. The molecule has 166 valence electrons. The van der Waals surface area contributed by atoms with E-state index in [9.17, 15) is 4.79 Å². The third-order valence-electron chi connectivity index (χ3n) is 5.09. The number of aryl methyl sites for hydroxylation is 1. The van der Waals surface area contributed by atoms with Gasteiger partial charge >= 0.3 is 0 Å². The third kappa shape index (κ3) is 4.61. The number of amides is 1. The number of ether oxygens (including phenoxy) is 2. The molecule has 0 saturated heterocycles. The summed E-state index contributed by atoms with van der Waals surface area (Å²) in [7, 11) is 3.21. The first-order valence-electron chi connectivity index (χ1n) is 10.1. The number of hydrogen-bond acceptors (Lipinski definition) is 7. The minimum Gasteiger partial charge on any atom is -0.497 e. The lowest BCUT2D eigenvalue weighted by Crippen LogP contribution is -2.27. The number of nitrogens with zero attached hydrogens (tertiary/aromatic N) is 1. The zero-order valence-electron chi connectivity index (χ0n) is 18.3. The van der Waals surface area contributed by atoms with Gasteiger partial charge in [-0.2, -0.15) is 0 Å². The van der Waals surface area contributed by atoms with E-state index in [4.69, 9.17) is 13.9 Å². The van der Waals surface area contributed by atoms with Crippen LogP contribution in [0.4, 0.5) is 0 Å². The van der Waals surface area contributed by atoms with Crippen LogP contribution in [-0.2, 0) is 5.75 Å². The van der Waals surface area contributed by atoms with Gasteiger partial charge in [-0.3, -0.25) is 4.79 Å². The second-order valence-corrected chi connectivity index (χ2v) is 9.33. The van der Waals surface area contributed by atoms with Crippen molar-refractivity contribution in [1.82, 2.24) is 10.3 Å². The number of benzene rings is 2. The number of methoxy groups -OCH3 is 2. The first kappa shape index (κ1) is 22.2. The van der Waals surface area contributed by atoms with Crippen molar-refractivity contribution < 1.29 is 18.7 Å². The van der Waals surface area contributed by atoms with E-state index in [-0.39, 0.29) is 11.9 Å². The summed E-state index contributed by atoms with van der Waals surface area (Å²) in [6, 6.07) is 12.9. The van der Waals surface area contributed by atoms with Crippen LogP contribution in [0.15, 0.2) is 56.6 Å². The molecule has 1 unspecified atom stereocenters. The first-order chi connectivity index (χ1) is 15.5. The quantitative estimate of drug-likeness (QED) is 0.320. The Morgan fingerprint density at radius 2 is 2.03 bits per heavy atom. The lowest BCUT2D eigenvalue weighted by atomic mass is 10.1. The second kappa shape index (κ2) is 9.67. The largest absolute Gasteiger partial charge is 0.497 e. The Balaban J connectivity index is 1.62. The molecule has 1 atom stereocenters. The minimum atomic E-state index is -0.317. The van der Waals surface area contributed by atoms with Crippen molar-refractivity contribution in [2.24, 2.45) is 0 Å². The zero-order chi connectivity index (χ0) is 22.7. The summed E-state index contributed by atoms with van der Waals surface area (Å²) >= 11 is 3.20. The Labute approximate surface area is 194 Å². The Morgan fingerprint density at radius 1 is 1.22 bits per heavy atom. The number of carbonyl (C=O) groups is 1. The fourth-order valence-corrected chi connectivity index (χ4v) is 5.35. The minimum absolute atomic E-state index is 0.274. The number of rotatable bonds is 8. The van der Waals surface area contributed by atoms with Crippen molar-refractivity contribution >= 4 is 40.0 Å². The molecule has 0 aliphatic heterocycles. The van der Waals surface area contributed by atoms with Gasteiger partial charge in [0.2, 0.25) is 0 Å². The maximum Gasteiger partial charge on any atom is 0.287 e. The average molecular weight is 469 g/mol. The van der Waals surface area contributed by atoms with Gasteiger partial charge in [0.15, 0.2) is 5.76 Å². The number of para-hydroxylation sites is 1. The van der Waals surface area contributed by atoms with Crippen LogP contribution in [0.2, 0.25) is 0 Å². The highest BCUT2D eigenvalue weighted by Gasteiger charge is 2.24. The van der Waals surface area contributed by atoms with Crippen molar-refractivity contribution in [1.29, 1.82) is 0 Å². The molecular weight excluding hydrogens is 444 g/mol. The van der Waals surface area contributed by atoms with E-state index in [1.807, 2.05) is 61.7 Å². The monoisotopic (exact) mass is 468 g/mol. The molecule has 2 aromatic carbocycles. The van der Waals surface area contributed by atoms with Gasteiger partial charge in [0, 0.05) is 33.3 Å². The van der Waals surface area contributed by atoms with Gasteiger partial charge in [-0.15, -0.1) is 11.3 Å². The summed E-state index contributed by atoms with van der Waals surface area (Å²) in [6.45, 7) is 3.88. The predicted molar refractivity (Wildman–Crippen MR) is 128 cm³/mol. The molecule has 0 bridgehead atoms. The number of thiazole rings is 1. The van der Waals surface area contributed by atoms with Crippen molar-refractivity contribution in [2.75, 3.05) is 14.2 Å². The molecule has 0 aliphatic rings. The van der Waals surface area contributed by atoms with Gasteiger partial charge < -0.3 is 19.2 Å². The van der Waals surface area contributed by atoms with Crippen molar-refractivity contribution in [2.45, 2.75) is 30.0 Å². The molecule has 2 aromatic heterocycles. The van der Waals surface area contributed by atoms with Crippen molar-refractivity contribution in [3.8, 4) is 11.5 Å². The van der Waals surface area contributed by atoms with Crippen LogP contribution in [0.1, 0.15) is 40.3 Å². The molecule has 1 amide bonds. The predicted octanol–water partition coefficient (Wildman–Crippen LogP) is 6.00. The number of carbonyl (C=O) groups excluding carboxylic acids is 1. The molecule has 1 N–H and O–H groups in total. The van der Waals surface area contributed by atoms with E-state index in [0.717, 1.165) is 26.5 Å². The summed E-state index contributed by atoms with van der Waals surface area (Å²) < 4.78 is 17.8. The summed E-state index contributed by atoms with van der Waals surface area (Å²) in [5.41, 5.74) is 3.37. The number of hydrogen-bond donors (Lipinski definition) is 1. The van der Waals surface area contributed by atoms with E-state index in [1.54, 1.807) is 37.3 Å². The van der Waals surface area contributed by atoms with E-state index in [1.165, 1.54) is 0 Å². The summed E-state index contributed by atoms with van der Waals surface area (Å²) in [4.78, 5) is 17.8. The highest BCUT2D eigenvalue weighted by molar-refractivity contribution is 8.00. The molecule has 4 rings (SSSR count). The van der Waals surface area contributed by atoms with Gasteiger partial charge in [0.05, 0.1) is 20.3 Å². The Bertz CT molecular complexity index is 1250. The SMILES string of the molecule is COc1ccc(OC)c(C(C)NC(=O)c2oc3ccccc3c2CSc2nc(C)cs2)c1. The molecule has 0 radical (unpaired) electrons. The number of fused-ring (bicyclic) bond motifs is 1. The van der Waals surface area contributed by atoms with E-state index >= 15 is 0 Å². The van der Waals surface area contributed by atoms with Gasteiger partial charge in [-0.05, 0) is 38.1 Å². The second-order valence-electron chi connectivity index (χ2n) is 7.25.